The van der Waals surface area contributed by atoms with E-state index >= 15 is 0 Å². The Balaban J connectivity index is 1.35. The van der Waals surface area contributed by atoms with Crippen LogP contribution < -0.4 is 11.1 Å². The zero-order valence-corrected chi connectivity index (χ0v) is 28.2. The molecule has 2 unspecified atom stereocenters. The van der Waals surface area contributed by atoms with Crippen LogP contribution in [0.15, 0.2) is 18.2 Å². The van der Waals surface area contributed by atoms with E-state index in [2.05, 4.69) is 24.4 Å². The van der Waals surface area contributed by atoms with Crippen LogP contribution in [0.3, 0.4) is 0 Å². The number of carboxylic acid groups (broad SMARTS) is 1. The Morgan fingerprint density at radius 1 is 1.00 bits per heavy atom. The standard InChI is InChI=1S/C38H60N2O6/c1-2-3-6-14-29(46-38(45)32-16-8-7-15-31(32)37(44)40-22-10-5-4-9-21-39)18-19-30-34-23-27-13-11-12-26(17-20-36(42)43)33(27)24-28(34)25-35(30)41/h11-13,28-32,34-35,41H,2-10,14-25,39H2,1H3,(H,40,44)(H,42,43)/t28-,29-,30+,31?,32?,34-,35+/m0/s1. The molecule has 8 nitrogen and oxygen atoms in total. The molecular formula is C38H60N2O6. The lowest BCUT2D eigenvalue weighted by Gasteiger charge is -2.33. The second kappa shape index (κ2) is 18.8. The van der Waals surface area contributed by atoms with E-state index in [9.17, 15) is 24.6 Å². The van der Waals surface area contributed by atoms with E-state index < -0.39 is 5.97 Å². The fourth-order valence-electron chi connectivity index (χ4n) is 8.59. The van der Waals surface area contributed by atoms with Crippen molar-refractivity contribution in [3.63, 3.8) is 0 Å². The summed E-state index contributed by atoms with van der Waals surface area (Å²) in [6.07, 6.45) is 15.7. The molecule has 1 aromatic rings. The molecule has 0 heterocycles. The number of carboxylic acids is 1. The van der Waals surface area contributed by atoms with Gasteiger partial charge in [-0.1, -0.05) is 63.6 Å². The molecule has 46 heavy (non-hydrogen) atoms. The summed E-state index contributed by atoms with van der Waals surface area (Å²) < 4.78 is 6.28. The number of aliphatic hydroxyl groups is 1. The van der Waals surface area contributed by atoms with Crippen molar-refractivity contribution < 1.29 is 29.3 Å². The molecule has 0 aliphatic heterocycles. The van der Waals surface area contributed by atoms with E-state index in [4.69, 9.17) is 10.5 Å². The normalized spacial score (nSPS) is 26.2. The molecule has 1 amide bonds. The maximum absolute atomic E-state index is 13.7. The Labute approximate surface area is 276 Å². The summed E-state index contributed by atoms with van der Waals surface area (Å²) in [6, 6.07) is 6.28. The second-order valence-electron chi connectivity index (χ2n) is 14.4. The van der Waals surface area contributed by atoms with E-state index in [0.29, 0.717) is 37.8 Å². The van der Waals surface area contributed by atoms with Crippen LogP contribution in [0.25, 0.3) is 0 Å². The zero-order chi connectivity index (χ0) is 32.9. The monoisotopic (exact) mass is 640 g/mol. The van der Waals surface area contributed by atoms with Gasteiger partial charge < -0.3 is 26.0 Å². The third-order valence-corrected chi connectivity index (χ3v) is 11.2. The number of fused-ring (bicyclic) bond motifs is 2. The molecule has 1 aromatic carbocycles. The average Bonchev–Trinajstić information content (AvgIpc) is 3.36. The molecule has 2 saturated carbocycles. The largest absolute Gasteiger partial charge is 0.481 e. The Kier molecular flexibility index (Phi) is 14.9. The number of aryl methyl sites for hydroxylation is 1. The number of nitrogens with two attached hydrogens (primary N) is 1. The van der Waals surface area contributed by atoms with Crippen molar-refractivity contribution in [1.29, 1.82) is 0 Å². The van der Waals surface area contributed by atoms with Crippen LogP contribution >= 0.6 is 0 Å². The third-order valence-electron chi connectivity index (χ3n) is 11.2. The number of unbranched alkanes of at least 4 members (excludes halogenated alkanes) is 5. The summed E-state index contributed by atoms with van der Waals surface area (Å²) >= 11 is 0. The number of rotatable bonds is 19. The van der Waals surface area contributed by atoms with Gasteiger partial charge in [0.25, 0.3) is 0 Å². The lowest BCUT2D eigenvalue weighted by atomic mass is 9.72. The van der Waals surface area contributed by atoms with Gasteiger partial charge in [0.2, 0.25) is 5.91 Å². The number of carbonyl (C=O) groups excluding carboxylic acids is 2. The highest BCUT2D eigenvalue weighted by Crippen LogP contribution is 2.48. The van der Waals surface area contributed by atoms with Gasteiger partial charge in [-0.25, -0.2) is 0 Å². The van der Waals surface area contributed by atoms with Gasteiger partial charge in [0, 0.05) is 13.0 Å². The van der Waals surface area contributed by atoms with Crippen LogP contribution in [0.4, 0.5) is 0 Å². The highest BCUT2D eigenvalue weighted by Gasteiger charge is 2.45. The first-order chi connectivity index (χ1) is 22.3. The van der Waals surface area contributed by atoms with Gasteiger partial charge in [-0.15, -0.1) is 0 Å². The van der Waals surface area contributed by atoms with E-state index in [-0.39, 0.29) is 48.3 Å². The molecule has 0 aromatic heterocycles. The van der Waals surface area contributed by atoms with Gasteiger partial charge in [0.15, 0.2) is 0 Å². The molecule has 5 N–H and O–H groups in total. The molecule has 4 rings (SSSR count). The zero-order valence-electron chi connectivity index (χ0n) is 28.2. The maximum Gasteiger partial charge on any atom is 0.310 e. The summed E-state index contributed by atoms with van der Waals surface area (Å²) in [6.45, 7) is 3.52. The molecule has 0 saturated heterocycles. The molecule has 8 heteroatoms. The van der Waals surface area contributed by atoms with Crippen molar-refractivity contribution in [2.24, 2.45) is 35.3 Å². The van der Waals surface area contributed by atoms with E-state index in [1.165, 1.54) is 11.1 Å². The Morgan fingerprint density at radius 3 is 2.54 bits per heavy atom. The highest BCUT2D eigenvalue weighted by atomic mass is 16.5. The first kappa shape index (κ1) is 36.4. The van der Waals surface area contributed by atoms with Crippen molar-refractivity contribution in [2.45, 2.75) is 141 Å². The summed E-state index contributed by atoms with van der Waals surface area (Å²) in [7, 11) is 0. The van der Waals surface area contributed by atoms with Crippen molar-refractivity contribution in [3.8, 4) is 0 Å². The fourth-order valence-corrected chi connectivity index (χ4v) is 8.59. The minimum absolute atomic E-state index is 0.00757. The Morgan fingerprint density at radius 2 is 1.78 bits per heavy atom. The molecule has 2 fully saturated rings. The Bertz CT molecular complexity index is 1120. The van der Waals surface area contributed by atoms with Crippen molar-refractivity contribution in [3.05, 3.63) is 34.9 Å². The number of benzene rings is 1. The van der Waals surface area contributed by atoms with Crippen LogP contribution in [0.2, 0.25) is 0 Å². The first-order valence-electron chi connectivity index (χ1n) is 18.5. The van der Waals surface area contributed by atoms with E-state index in [0.717, 1.165) is 108 Å². The number of hydrogen-bond acceptors (Lipinski definition) is 6. The first-order valence-corrected chi connectivity index (χ1v) is 18.5. The van der Waals surface area contributed by atoms with Crippen molar-refractivity contribution >= 4 is 17.8 Å². The SMILES string of the molecule is CCCCC[C@@H](CC[C@@H]1[C@H]2Cc3cccc(CCC(=O)O)c3C[C@H]2C[C@H]1O)OC(=O)C1CCCCC1C(=O)NCCCCCCN. The van der Waals surface area contributed by atoms with Crippen LogP contribution in [-0.4, -0.2) is 53.4 Å². The van der Waals surface area contributed by atoms with Crippen LogP contribution in [-0.2, 0) is 38.4 Å². The molecular weight excluding hydrogens is 580 g/mol. The smallest absolute Gasteiger partial charge is 0.310 e. The molecule has 258 valence electrons. The summed E-state index contributed by atoms with van der Waals surface area (Å²) in [4.78, 5) is 38.0. The lowest BCUT2D eigenvalue weighted by Crippen LogP contribution is -2.41. The van der Waals surface area contributed by atoms with Crippen molar-refractivity contribution in [1.82, 2.24) is 5.32 Å². The molecule has 0 spiro atoms. The fraction of sp³-hybridized carbons (Fsp3) is 0.763. The third kappa shape index (κ3) is 10.3. The number of ether oxygens (including phenoxy) is 1. The minimum atomic E-state index is -0.774. The van der Waals surface area contributed by atoms with Crippen LogP contribution in [0.1, 0.15) is 126 Å². The number of hydrogen-bond donors (Lipinski definition) is 4. The Hall–Kier alpha value is -2.45. The molecule has 3 aliphatic rings. The minimum Gasteiger partial charge on any atom is -0.481 e. The number of amides is 1. The lowest BCUT2D eigenvalue weighted by molar-refractivity contribution is -0.160. The second-order valence-corrected chi connectivity index (χ2v) is 14.4. The summed E-state index contributed by atoms with van der Waals surface area (Å²) in [5.74, 6) is -0.766. The maximum atomic E-state index is 13.7. The molecule has 0 bridgehead atoms. The van der Waals surface area contributed by atoms with E-state index in [1.807, 2.05) is 6.07 Å². The van der Waals surface area contributed by atoms with Gasteiger partial charge in [-0.05, 0) is 118 Å². The number of nitrogens with one attached hydrogen (secondary N) is 1. The topological polar surface area (TPSA) is 139 Å². The van der Waals surface area contributed by atoms with Gasteiger partial charge in [-0.2, -0.15) is 0 Å². The van der Waals surface area contributed by atoms with Crippen LogP contribution in [0, 0.1) is 29.6 Å². The average molecular weight is 641 g/mol. The van der Waals surface area contributed by atoms with Gasteiger partial charge in [0.1, 0.15) is 6.10 Å². The number of aliphatic carboxylic acids is 1. The molecule has 0 radical (unpaired) electrons. The molecule has 3 aliphatic carbocycles. The summed E-state index contributed by atoms with van der Waals surface area (Å²) in [5.41, 5.74) is 9.31. The van der Waals surface area contributed by atoms with Gasteiger partial charge >= 0.3 is 11.9 Å². The van der Waals surface area contributed by atoms with E-state index in [1.54, 1.807) is 0 Å². The number of esters is 1. The van der Waals surface area contributed by atoms with Crippen molar-refractivity contribution in [2.75, 3.05) is 13.1 Å². The highest BCUT2D eigenvalue weighted by molar-refractivity contribution is 5.85. The number of carbonyl (C=O) groups is 3. The quantitative estimate of drug-likeness (QED) is 0.105. The number of aliphatic hydroxyl groups excluding tert-OH is 1. The predicted octanol–water partition coefficient (Wildman–Crippen LogP) is 6.13. The van der Waals surface area contributed by atoms with Crippen LogP contribution in [0.5, 0.6) is 0 Å². The predicted molar refractivity (Wildman–Crippen MR) is 180 cm³/mol. The van der Waals surface area contributed by atoms with Gasteiger partial charge in [0.05, 0.1) is 17.9 Å². The summed E-state index contributed by atoms with van der Waals surface area (Å²) in [5, 5.41) is 23.6. The van der Waals surface area contributed by atoms with Gasteiger partial charge in [-0.3, -0.25) is 14.4 Å². The molecule has 7 atom stereocenters.